The summed E-state index contributed by atoms with van der Waals surface area (Å²) >= 11 is 0. The topological polar surface area (TPSA) is 65.2 Å². The van der Waals surface area contributed by atoms with Gasteiger partial charge < -0.3 is 9.15 Å². The molecule has 5 heteroatoms. The Hall–Kier alpha value is -2.27. The van der Waals surface area contributed by atoms with E-state index in [-0.39, 0.29) is 0 Å². The van der Waals surface area contributed by atoms with E-state index in [1.54, 1.807) is 19.4 Å². The lowest BCUT2D eigenvalue weighted by atomic mass is 10.1. The van der Waals surface area contributed by atoms with Gasteiger partial charge >= 0.3 is 5.63 Å². The summed E-state index contributed by atoms with van der Waals surface area (Å²) in [5.74, 6) is 0.580. The monoisotopic (exact) mass is 256 g/mol. The molecule has 0 aliphatic rings. The fourth-order valence-corrected chi connectivity index (χ4v) is 2.01. The van der Waals surface area contributed by atoms with Crippen molar-refractivity contribution in [3.05, 3.63) is 46.7 Å². The van der Waals surface area contributed by atoms with Crippen LogP contribution in [0.2, 0.25) is 0 Å². The van der Waals surface area contributed by atoms with E-state index in [4.69, 9.17) is 9.15 Å². The predicted octanol–water partition coefficient (Wildman–Crippen LogP) is 1.93. The summed E-state index contributed by atoms with van der Waals surface area (Å²) in [7, 11) is 1.61. The largest absolute Gasteiger partial charge is 0.421 e. The second-order valence-corrected chi connectivity index (χ2v) is 4.18. The van der Waals surface area contributed by atoms with E-state index < -0.39 is 5.63 Å². The molecule has 0 saturated carbocycles. The third-order valence-electron chi connectivity index (χ3n) is 2.94. The summed E-state index contributed by atoms with van der Waals surface area (Å²) in [5, 5.41) is 1.56. The minimum atomic E-state index is -0.435. The molecule has 0 atom stereocenters. The van der Waals surface area contributed by atoms with Gasteiger partial charge in [-0.1, -0.05) is 18.2 Å². The van der Waals surface area contributed by atoms with Crippen LogP contribution in [0.3, 0.4) is 0 Å². The molecule has 1 aromatic carbocycles. The predicted molar refractivity (Wildman–Crippen MR) is 71.2 cm³/mol. The van der Waals surface area contributed by atoms with Gasteiger partial charge in [0.2, 0.25) is 0 Å². The molecule has 0 N–H and O–H groups in total. The molecule has 0 radical (unpaired) electrons. The van der Waals surface area contributed by atoms with Crippen LogP contribution >= 0.6 is 0 Å². The SMILES string of the molecule is COCCc1ncc2c(n1)c(=O)oc1ccccc12. The highest BCUT2D eigenvalue weighted by molar-refractivity contribution is 6.02. The van der Waals surface area contributed by atoms with E-state index in [9.17, 15) is 4.79 Å². The van der Waals surface area contributed by atoms with Crippen molar-refractivity contribution >= 4 is 21.9 Å². The third kappa shape index (κ3) is 2.08. The van der Waals surface area contributed by atoms with Gasteiger partial charge in [0, 0.05) is 30.5 Å². The van der Waals surface area contributed by atoms with E-state index in [1.165, 1.54) is 0 Å². The van der Waals surface area contributed by atoms with E-state index in [0.717, 1.165) is 5.39 Å². The van der Waals surface area contributed by atoms with Gasteiger partial charge in [-0.15, -0.1) is 0 Å². The molecule has 96 valence electrons. The Kier molecular flexibility index (Phi) is 2.97. The second-order valence-electron chi connectivity index (χ2n) is 4.18. The number of benzene rings is 1. The first-order valence-corrected chi connectivity index (χ1v) is 5.96. The van der Waals surface area contributed by atoms with Crippen molar-refractivity contribution < 1.29 is 9.15 Å². The third-order valence-corrected chi connectivity index (χ3v) is 2.94. The number of fused-ring (bicyclic) bond motifs is 3. The van der Waals surface area contributed by atoms with Crippen LogP contribution in [0.1, 0.15) is 5.82 Å². The second kappa shape index (κ2) is 4.78. The normalized spacial score (nSPS) is 11.2. The van der Waals surface area contributed by atoms with Crippen molar-refractivity contribution in [2.24, 2.45) is 0 Å². The molecule has 5 nitrogen and oxygen atoms in total. The molecule has 0 spiro atoms. The highest BCUT2D eigenvalue weighted by Gasteiger charge is 2.09. The summed E-state index contributed by atoms with van der Waals surface area (Å²) in [5.41, 5.74) is 0.433. The Morgan fingerprint density at radius 2 is 2.11 bits per heavy atom. The van der Waals surface area contributed by atoms with E-state index in [1.807, 2.05) is 18.2 Å². The Labute approximate surface area is 108 Å². The molecule has 0 unspecified atom stereocenters. The Morgan fingerprint density at radius 3 is 2.95 bits per heavy atom. The van der Waals surface area contributed by atoms with Crippen LogP contribution in [0.4, 0.5) is 0 Å². The molecule has 19 heavy (non-hydrogen) atoms. The van der Waals surface area contributed by atoms with Crippen molar-refractivity contribution in [1.82, 2.24) is 9.97 Å². The minimum Gasteiger partial charge on any atom is -0.421 e. The average molecular weight is 256 g/mol. The van der Waals surface area contributed by atoms with Gasteiger partial charge in [0.25, 0.3) is 0 Å². The number of para-hydroxylation sites is 1. The van der Waals surface area contributed by atoms with Crippen LogP contribution in [0.25, 0.3) is 21.9 Å². The molecule has 0 aliphatic carbocycles. The van der Waals surface area contributed by atoms with Gasteiger partial charge in [-0.2, -0.15) is 0 Å². The van der Waals surface area contributed by atoms with E-state index in [0.29, 0.717) is 35.3 Å². The quantitative estimate of drug-likeness (QED) is 0.529. The summed E-state index contributed by atoms with van der Waals surface area (Å²) in [6.07, 6.45) is 2.24. The zero-order valence-electron chi connectivity index (χ0n) is 10.4. The lowest BCUT2D eigenvalue weighted by Gasteiger charge is -2.03. The van der Waals surface area contributed by atoms with Crippen LogP contribution in [-0.2, 0) is 11.2 Å². The van der Waals surface area contributed by atoms with E-state index in [2.05, 4.69) is 9.97 Å². The Balaban J connectivity index is 2.26. The fourth-order valence-electron chi connectivity index (χ4n) is 2.01. The summed E-state index contributed by atoms with van der Waals surface area (Å²) in [6.45, 7) is 0.518. The molecule has 0 aliphatic heterocycles. The maximum atomic E-state index is 11.9. The van der Waals surface area contributed by atoms with Crippen LogP contribution in [0.5, 0.6) is 0 Å². The van der Waals surface area contributed by atoms with Gasteiger partial charge in [0.05, 0.1) is 6.61 Å². The van der Waals surface area contributed by atoms with Crippen LogP contribution in [-0.4, -0.2) is 23.7 Å². The van der Waals surface area contributed by atoms with Crippen LogP contribution in [0.15, 0.2) is 39.7 Å². The smallest absolute Gasteiger partial charge is 0.363 e. The summed E-state index contributed by atoms with van der Waals surface area (Å²) in [4.78, 5) is 20.5. The molecule has 0 saturated heterocycles. The number of rotatable bonds is 3. The maximum absolute atomic E-state index is 11.9. The average Bonchev–Trinajstić information content (AvgIpc) is 2.45. The lowest BCUT2D eigenvalue weighted by Crippen LogP contribution is -2.07. The molecule has 0 amide bonds. The first-order valence-electron chi connectivity index (χ1n) is 5.96. The highest BCUT2D eigenvalue weighted by atomic mass is 16.5. The highest BCUT2D eigenvalue weighted by Crippen LogP contribution is 2.20. The van der Waals surface area contributed by atoms with Crippen molar-refractivity contribution in [1.29, 1.82) is 0 Å². The maximum Gasteiger partial charge on any atom is 0.363 e. The minimum absolute atomic E-state index is 0.319. The Morgan fingerprint density at radius 1 is 1.26 bits per heavy atom. The van der Waals surface area contributed by atoms with Crippen molar-refractivity contribution in [2.45, 2.75) is 6.42 Å². The molecule has 2 heterocycles. The standard InChI is InChI=1S/C14H12N2O3/c1-18-7-6-12-15-8-10-9-4-2-3-5-11(9)19-14(17)13(10)16-12/h2-5,8H,6-7H2,1H3. The number of ether oxygens (including phenoxy) is 1. The molecule has 0 fully saturated rings. The first kappa shape index (κ1) is 11.8. The first-order chi connectivity index (χ1) is 9.29. The molecule has 3 rings (SSSR count). The van der Waals surface area contributed by atoms with Crippen molar-refractivity contribution in [3.63, 3.8) is 0 Å². The van der Waals surface area contributed by atoms with Gasteiger partial charge in [0.1, 0.15) is 11.4 Å². The zero-order chi connectivity index (χ0) is 13.2. The molecule has 0 bridgehead atoms. The van der Waals surface area contributed by atoms with Gasteiger partial charge in [-0.25, -0.2) is 14.8 Å². The van der Waals surface area contributed by atoms with E-state index >= 15 is 0 Å². The number of aromatic nitrogens is 2. The molecular formula is C14H12N2O3. The van der Waals surface area contributed by atoms with Crippen molar-refractivity contribution in [3.8, 4) is 0 Å². The zero-order valence-corrected chi connectivity index (χ0v) is 10.4. The number of nitrogens with zero attached hydrogens (tertiary/aromatic N) is 2. The molecule has 2 aromatic heterocycles. The van der Waals surface area contributed by atoms with Crippen LogP contribution < -0.4 is 5.63 Å². The summed E-state index contributed by atoms with van der Waals surface area (Å²) in [6, 6.07) is 7.36. The summed E-state index contributed by atoms with van der Waals surface area (Å²) < 4.78 is 10.2. The lowest BCUT2D eigenvalue weighted by molar-refractivity contribution is 0.200. The Bertz CT molecular complexity index is 795. The van der Waals surface area contributed by atoms with Gasteiger partial charge in [0.15, 0.2) is 5.52 Å². The molecular weight excluding hydrogens is 244 g/mol. The van der Waals surface area contributed by atoms with Gasteiger partial charge in [-0.05, 0) is 6.07 Å². The number of hydrogen-bond acceptors (Lipinski definition) is 5. The van der Waals surface area contributed by atoms with Crippen molar-refractivity contribution in [2.75, 3.05) is 13.7 Å². The number of methoxy groups -OCH3 is 1. The van der Waals surface area contributed by atoms with Crippen LogP contribution in [0, 0.1) is 0 Å². The number of hydrogen-bond donors (Lipinski definition) is 0. The fraction of sp³-hybridized carbons (Fsp3) is 0.214. The molecule has 3 aromatic rings. The van der Waals surface area contributed by atoms with Gasteiger partial charge in [-0.3, -0.25) is 0 Å².